The van der Waals surface area contributed by atoms with Crippen LogP contribution in [0.5, 0.6) is 0 Å². The minimum Gasteiger partial charge on any atom is -0.354 e. The molecule has 2 rings (SSSR count). The van der Waals surface area contributed by atoms with Crippen LogP contribution in [-0.4, -0.2) is 30.5 Å². The summed E-state index contributed by atoms with van der Waals surface area (Å²) in [5.74, 6) is 0.560. The third-order valence-electron chi connectivity index (χ3n) is 4.23. The van der Waals surface area contributed by atoms with Gasteiger partial charge in [0.25, 0.3) is 0 Å². The summed E-state index contributed by atoms with van der Waals surface area (Å²) in [4.78, 5) is 12.0. The van der Waals surface area contributed by atoms with E-state index in [4.69, 9.17) is 5.73 Å². The van der Waals surface area contributed by atoms with Crippen molar-refractivity contribution in [2.24, 2.45) is 5.73 Å². The van der Waals surface area contributed by atoms with Crippen molar-refractivity contribution in [1.29, 1.82) is 0 Å². The van der Waals surface area contributed by atoms with Gasteiger partial charge in [0.05, 0.1) is 11.6 Å². The second kappa shape index (κ2) is 8.45. The van der Waals surface area contributed by atoms with Crippen molar-refractivity contribution in [2.75, 3.05) is 18.6 Å². The number of carbonyl (C=O) groups excluding carboxylic acids is 1. The van der Waals surface area contributed by atoms with Crippen LogP contribution in [0.15, 0.2) is 24.3 Å². The number of halogens is 4. The standard InChI is InChI=1S/C16H21F3N2OS.ClH/c1-23-8-5-13(20)14(22)21-10-15(6-7-15)11-3-2-4-12(9-11)16(17,18)19;/h2-4,9,13H,5-8,10,20H2,1H3,(H,21,22);1H/t13-;/m0./s1. The normalized spacial score (nSPS) is 16.9. The third-order valence-corrected chi connectivity index (χ3v) is 4.87. The lowest BCUT2D eigenvalue weighted by Crippen LogP contribution is -2.43. The van der Waals surface area contributed by atoms with Gasteiger partial charge in [-0.1, -0.05) is 18.2 Å². The lowest BCUT2D eigenvalue weighted by Gasteiger charge is -2.20. The molecule has 0 heterocycles. The molecule has 0 saturated heterocycles. The van der Waals surface area contributed by atoms with E-state index in [2.05, 4.69) is 5.32 Å². The first-order valence-electron chi connectivity index (χ1n) is 7.48. The average Bonchev–Trinajstić information content (AvgIpc) is 3.31. The molecule has 24 heavy (non-hydrogen) atoms. The van der Waals surface area contributed by atoms with E-state index in [-0.39, 0.29) is 23.7 Å². The van der Waals surface area contributed by atoms with E-state index in [0.29, 0.717) is 18.5 Å². The Balaban J connectivity index is 0.00000288. The highest BCUT2D eigenvalue weighted by Crippen LogP contribution is 2.48. The monoisotopic (exact) mass is 382 g/mol. The molecule has 0 bridgehead atoms. The van der Waals surface area contributed by atoms with Crippen molar-refractivity contribution in [2.45, 2.75) is 36.9 Å². The Labute approximate surface area is 150 Å². The summed E-state index contributed by atoms with van der Waals surface area (Å²) in [5, 5.41) is 2.80. The van der Waals surface area contributed by atoms with Crippen LogP contribution in [0.4, 0.5) is 13.2 Å². The molecule has 0 radical (unpaired) electrons. The third kappa shape index (κ3) is 5.29. The topological polar surface area (TPSA) is 55.1 Å². The number of hydrogen-bond acceptors (Lipinski definition) is 3. The first kappa shape index (κ1) is 21.1. The Hall–Kier alpha value is -0.920. The zero-order valence-electron chi connectivity index (χ0n) is 13.4. The van der Waals surface area contributed by atoms with Crippen molar-refractivity contribution >= 4 is 30.1 Å². The van der Waals surface area contributed by atoms with E-state index in [1.807, 2.05) is 6.26 Å². The molecule has 0 aromatic heterocycles. The minimum atomic E-state index is -4.35. The summed E-state index contributed by atoms with van der Waals surface area (Å²) < 4.78 is 38.5. The van der Waals surface area contributed by atoms with Gasteiger partial charge in [0.15, 0.2) is 0 Å². The number of rotatable bonds is 7. The van der Waals surface area contributed by atoms with E-state index in [1.54, 1.807) is 17.8 Å². The molecule has 136 valence electrons. The van der Waals surface area contributed by atoms with E-state index in [0.717, 1.165) is 24.7 Å². The van der Waals surface area contributed by atoms with Gasteiger partial charge >= 0.3 is 6.18 Å². The molecule has 1 amide bonds. The van der Waals surface area contributed by atoms with Crippen molar-refractivity contribution < 1.29 is 18.0 Å². The van der Waals surface area contributed by atoms with Gasteiger partial charge < -0.3 is 11.1 Å². The number of carbonyl (C=O) groups is 1. The molecule has 1 aromatic carbocycles. The number of thioether (sulfide) groups is 1. The van der Waals surface area contributed by atoms with Gasteiger partial charge in [-0.15, -0.1) is 12.4 Å². The quantitative estimate of drug-likeness (QED) is 0.760. The predicted molar refractivity (Wildman–Crippen MR) is 93.6 cm³/mol. The fraction of sp³-hybridized carbons (Fsp3) is 0.562. The Kier molecular flexibility index (Phi) is 7.44. The number of nitrogens with two attached hydrogens (primary N) is 1. The van der Waals surface area contributed by atoms with Crippen LogP contribution in [0.2, 0.25) is 0 Å². The zero-order chi connectivity index (χ0) is 17.1. The number of hydrogen-bond donors (Lipinski definition) is 2. The number of benzene rings is 1. The molecule has 1 saturated carbocycles. The fourth-order valence-corrected chi connectivity index (χ4v) is 3.00. The summed E-state index contributed by atoms with van der Waals surface area (Å²) >= 11 is 1.62. The van der Waals surface area contributed by atoms with Crippen molar-refractivity contribution in [3.63, 3.8) is 0 Å². The molecule has 3 nitrogen and oxygen atoms in total. The van der Waals surface area contributed by atoms with Crippen LogP contribution < -0.4 is 11.1 Å². The first-order valence-corrected chi connectivity index (χ1v) is 8.88. The van der Waals surface area contributed by atoms with Crippen molar-refractivity contribution in [3.8, 4) is 0 Å². The van der Waals surface area contributed by atoms with Crippen LogP contribution in [-0.2, 0) is 16.4 Å². The van der Waals surface area contributed by atoms with E-state index in [9.17, 15) is 18.0 Å². The summed E-state index contributed by atoms with van der Waals surface area (Å²) in [6.45, 7) is 0.333. The lowest BCUT2D eigenvalue weighted by atomic mass is 9.94. The number of alkyl halides is 3. The van der Waals surface area contributed by atoms with Gasteiger partial charge in [0, 0.05) is 12.0 Å². The second-order valence-electron chi connectivity index (χ2n) is 5.96. The molecule has 1 aliphatic rings. The maximum absolute atomic E-state index is 12.8. The average molecular weight is 383 g/mol. The van der Waals surface area contributed by atoms with Gasteiger partial charge in [-0.25, -0.2) is 0 Å². The SMILES string of the molecule is CSCC[C@H](N)C(=O)NCC1(c2cccc(C(F)(F)F)c2)CC1.Cl. The molecular formula is C16H22ClF3N2OS. The van der Waals surface area contributed by atoms with Crippen LogP contribution in [0, 0.1) is 0 Å². The van der Waals surface area contributed by atoms with Gasteiger partial charge in [0.2, 0.25) is 5.91 Å². The Morgan fingerprint density at radius 3 is 2.62 bits per heavy atom. The van der Waals surface area contributed by atoms with Crippen LogP contribution in [0.25, 0.3) is 0 Å². The lowest BCUT2D eigenvalue weighted by molar-refractivity contribution is -0.137. The Morgan fingerprint density at radius 2 is 2.08 bits per heavy atom. The van der Waals surface area contributed by atoms with Crippen LogP contribution in [0.1, 0.15) is 30.4 Å². The van der Waals surface area contributed by atoms with Gasteiger partial charge in [-0.2, -0.15) is 24.9 Å². The maximum Gasteiger partial charge on any atom is 0.416 e. The maximum atomic E-state index is 12.8. The minimum absolute atomic E-state index is 0. The molecule has 0 aliphatic heterocycles. The van der Waals surface area contributed by atoms with Crippen LogP contribution in [0.3, 0.4) is 0 Å². The second-order valence-corrected chi connectivity index (χ2v) is 6.95. The summed E-state index contributed by atoms with van der Waals surface area (Å²) in [5.41, 5.74) is 5.40. The molecule has 8 heteroatoms. The van der Waals surface area contributed by atoms with Crippen LogP contribution >= 0.6 is 24.2 Å². The summed E-state index contributed by atoms with van der Waals surface area (Å²) in [6, 6.07) is 4.80. The van der Waals surface area contributed by atoms with E-state index < -0.39 is 17.8 Å². The highest BCUT2D eigenvalue weighted by molar-refractivity contribution is 7.98. The highest BCUT2D eigenvalue weighted by Gasteiger charge is 2.45. The zero-order valence-corrected chi connectivity index (χ0v) is 15.0. The summed E-state index contributed by atoms with van der Waals surface area (Å²) in [7, 11) is 0. The molecule has 0 spiro atoms. The van der Waals surface area contributed by atoms with E-state index >= 15 is 0 Å². The smallest absolute Gasteiger partial charge is 0.354 e. The Morgan fingerprint density at radius 1 is 1.42 bits per heavy atom. The van der Waals surface area contributed by atoms with Crippen molar-refractivity contribution in [1.82, 2.24) is 5.32 Å². The number of nitrogens with one attached hydrogen (secondary N) is 1. The van der Waals surface area contributed by atoms with Gasteiger partial charge in [-0.05, 0) is 42.9 Å². The largest absolute Gasteiger partial charge is 0.416 e. The van der Waals surface area contributed by atoms with Crippen molar-refractivity contribution in [3.05, 3.63) is 35.4 Å². The first-order chi connectivity index (χ1) is 10.8. The molecule has 1 aliphatic carbocycles. The predicted octanol–water partition coefficient (Wildman–Crippen LogP) is 3.36. The molecule has 1 atom stereocenters. The molecule has 3 N–H and O–H groups in total. The molecule has 1 fully saturated rings. The highest BCUT2D eigenvalue weighted by atomic mass is 35.5. The molecule has 0 unspecified atom stereocenters. The van der Waals surface area contributed by atoms with Gasteiger partial charge in [0.1, 0.15) is 0 Å². The summed E-state index contributed by atoms with van der Waals surface area (Å²) in [6.07, 6.45) is -0.278. The van der Waals surface area contributed by atoms with Gasteiger partial charge in [-0.3, -0.25) is 4.79 Å². The fourth-order valence-electron chi connectivity index (χ4n) is 2.51. The molecular weight excluding hydrogens is 361 g/mol. The Bertz CT molecular complexity index is 564. The molecule has 1 aromatic rings. The number of amides is 1. The van der Waals surface area contributed by atoms with E-state index in [1.165, 1.54) is 12.1 Å².